The predicted molar refractivity (Wildman–Crippen MR) is 82.6 cm³/mol. The molecule has 106 valence electrons. The number of piperidine rings is 1. The van der Waals surface area contributed by atoms with Gasteiger partial charge in [0, 0.05) is 32.0 Å². The van der Waals surface area contributed by atoms with Gasteiger partial charge in [0.2, 0.25) is 0 Å². The largest absolute Gasteiger partial charge is 0.300 e. The first kappa shape index (κ1) is 16.5. The molecule has 1 fully saturated rings. The average molecular weight is 302 g/mol. The van der Waals surface area contributed by atoms with Crippen molar-refractivity contribution < 1.29 is 4.79 Å². The van der Waals surface area contributed by atoms with Gasteiger partial charge in [-0.3, -0.25) is 9.69 Å². The summed E-state index contributed by atoms with van der Waals surface area (Å²) in [7, 11) is 0. The molecule has 1 aliphatic heterocycles. The molecule has 19 heavy (non-hydrogen) atoms. The van der Waals surface area contributed by atoms with Crippen LogP contribution >= 0.6 is 23.2 Å². The molecular formula is C15H21Cl2NO. The Morgan fingerprint density at radius 3 is 2.21 bits per heavy atom. The molecule has 1 rings (SSSR count). The second-order valence-electron chi connectivity index (χ2n) is 4.67. The Balaban J connectivity index is 2.78. The van der Waals surface area contributed by atoms with Gasteiger partial charge in [0.05, 0.1) is 10.1 Å². The van der Waals surface area contributed by atoms with Crippen LogP contribution in [0.25, 0.3) is 0 Å². The van der Waals surface area contributed by atoms with E-state index in [0.29, 0.717) is 28.7 Å². The van der Waals surface area contributed by atoms with Gasteiger partial charge in [-0.2, -0.15) is 0 Å². The monoisotopic (exact) mass is 301 g/mol. The van der Waals surface area contributed by atoms with E-state index in [4.69, 9.17) is 23.2 Å². The van der Waals surface area contributed by atoms with E-state index in [9.17, 15) is 4.79 Å². The van der Waals surface area contributed by atoms with E-state index in [0.717, 1.165) is 18.7 Å². The SMILES string of the molecule is C\C=C(Cl)/C(Cl)=C\C(=C/C)C(C)N1CCC(=O)CC1. The van der Waals surface area contributed by atoms with Gasteiger partial charge in [0.15, 0.2) is 0 Å². The molecule has 0 aromatic carbocycles. The number of Topliss-reactive ketones (excluding diaryl/α,β-unsaturated/α-hetero) is 1. The van der Waals surface area contributed by atoms with Gasteiger partial charge in [-0.1, -0.05) is 35.4 Å². The third-order valence-corrected chi connectivity index (χ3v) is 4.33. The summed E-state index contributed by atoms with van der Waals surface area (Å²) in [5.41, 5.74) is 1.12. The first-order chi connectivity index (χ1) is 8.99. The first-order valence-electron chi connectivity index (χ1n) is 6.61. The minimum Gasteiger partial charge on any atom is -0.300 e. The molecule has 0 aromatic rings. The van der Waals surface area contributed by atoms with Crippen molar-refractivity contribution in [2.45, 2.75) is 39.7 Å². The van der Waals surface area contributed by atoms with Gasteiger partial charge < -0.3 is 0 Å². The lowest BCUT2D eigenvalue weighted by molar-refractivity contribution is -0.121. The Morgan fingerprint density at radius 2 is 1.74 bits per heavy atom. The molecule has 0 amide bonds. The number of allylic oxidation sites excluding steroid dienone is 4. The van der Waals surface area contributed by atoms with Gasteiger partial charge in [-0.15, -0.1) is 0 Å². The summed E-state index contributed by atoms with van der Waals surface area (Å²) < 4.78 is 0. The van der Waals surface area contributed by atoms with Crippen molar-refractivity contribution in [3.8, 4) is 0 Å². The molecule has 0 spiro atoms. The average Bonchev–Trinajstić information content (AvgIpc) is 2.43. The fourth-order valence-electron chi connectivity index (χ4n) is 2.17. The molecule has 0 bridgehead atoms. The summed E-state index contributed by atoms with van der Waals surface area (Å²) >= 11 is 12.2. The molecule has 1 aliphatic rings. The summed E-state index contributed by atoms with van der Waals surface area (Å²) in [6, 6.07) is 0.244. The summed E-state index contributed by atoms with van der Waals surface area (Å²) in [5.74, 6) is 0.357. The predicted octanol–water partition coefficient (Wildman–Crippen LogP) is 4.25. The Bertz CT molecular complexity index is 414. The number of nitrogens with zero attached hydrogens (tertiary/aromatic N) is 1. The van der Waals surface area contributed by atoms with E-state index in [2.05, 4.69) is 11.8 Å². The lowest BCUT2D eigenvalue weighted by atomic mass is 10.0. The minimum absolute atomic E-state index is 0.244. The summed E-state index contributed by atoms with van der Waals surface area (Å²) in [5, 5.41) is 1.11. The summed E-state index contributed by atoms with van der Waals surface area (Å²) in [6.45, 7) is 7.62. The van der Waals surface area contributed by atoms with Crippen LogP contribution < -0.4 is 0 Å². The van der Waals surface area contributed by atoms with E-state index in [1.807, 2.05) is 26.0 Å². The molecule has 1 unspecified atom stereocenters. The van der Waals surface area contributed by atoms with Crippen LogP contribution in [0, 0.1) is 0 Å². The Hall–Kier alpha value is -0.570. The summed E-state index contributed by atoms with van der Waals surface area (Å²) in [4.78, 5) is 13.6. The van der Waals surface area contributed by atoms with Crippen LogP contribution in [0.2, 0.25) is 0 Å². The first-order valence-corrected chi connectivity index (χ1v) is 7.36. The lowest BCUT2D eigenvalue weighted by Gasteiger charge is -2.32. The normalized spacial score (nSPS) is 21.7. The number of ketones is 1. The van der Waals surface area contributed by atoms with Crippen molar-refractivity contribution in [1.82, 2.24) is 4.90 Å². The van der Waals surface area contributed by atoms with Crippen LogP contribution in [-0.4, -0.2) is 29.8 Å². The van der Waals surface area contributed by atoms with Crippen molar-refractivity contribution in [2.24, 2.45) is 0 Å². The Morgan fingerprint density at radius 1 is 1.16 bits per heavy atom. The Kier molecular flexibility index (Phi) is 6.84. The van der Waals surface area contributed by atoms with Gasteiger partial charge in [-0.25, -0.2) is 0 Å². The molecule has 2 nitrogen and oxygen atoms in total. The fourth-order valence-corrected chi connectivity index (χ4v) is 2.46. The quantitative estimate of drug-likeness (QED) is 0.724. The zero-order valence-electron chi connectivity index (χ0n) is 11.7. The highest BCUT2D eigenvalue weighted by molar-refractivity contribution is 6.44. The maximum absolute atomic E-state index is 11.3. The van der Waals surface area contributed by atoms with Crippen molar-refractivity contribution in [2.75, 3.05) is 13.1 Å². The molecule has 0 aromatic heterocycles. The second kappa shape index (κ2) is 7.88. The fraction of sp³-hybridized carbons (Fsp3) is 0.533. The Labute approximate surface area is 125 Å². The van der Waals surface area contributed by atoms with Crippen molar-refractivity contribution >= 4 is 29.0 Å². The number of carbonyl (C=O) groups is 1. The minimum atomic E-state index is 0.244. The van der Waals surface area contributed by atoms with E-state index in [-0.39, 0.29) is 6.04 Å². The molecule has 1 saturated heterocycles. The van der Waals surface area contributed by atoms with Crippen molar-refractivity contribution in [3.05, 3.63) is 33.9 Å². The second-order valence-corrected chi connectivity index (χ2v) is 5.48. The van der Waals surface area contributed by atoms with Gasteiger partial charge in [0.1, 0.15) is 5.78 Å². The number of halogens is 2. The van der Waals surface area contributed by atoms with Crippen LogP contribution in [0.1, 0.15) is 33.6 Å². The molecule has 0 aliphatic carbocycles. The zero-order chi connectivity index (χ0) is 14.4. The molecule has 0 saturated carbocycles. The maximum Gasteiger partial charge on any atom is 0.135 e. The smallest absolute Gasteiger partial charge is 0.135 e. The van der Waals surface area contributed by atoms with Gasteiger partial charge >= 0.3 is 0 Å². The molecule has 1 heterocycles. The highest BCUT2D eigenvalue weighted by Crippen LogP contribution is 2.24. The lowest BCUT2D eigenvalue weighted by Crippen LogP contribution is -2.40. The number of rotatable bonds is 4. The molecule has 1 atom stereocenters. The zero-order valence-corrected chi connectivity index (χ0v) is 13.3. The third-order valence-electron chi connectivity index (χ3n) is 3.49. The molecule has 0 radical (unpaired) electrons. The number of carbonyl (C=O) groups excluding carboxylic acids is 1. The summed E-state index contributed by atoms with van der Waals surface area (Å²) in [6.07, 6.45) is 7.02. The number of hydrogen-bond acceptors (Lipinski definition) is 2. The van der Waals surface area contributed by atoms with E-state index in [1.54, 1.807) is 6.08 Å². The highest BCUT2D eigenvalue weighted by Gasteiger charge is 2.22. The maximum atomic E-state index is 11.3. The number of hydrogen-bond donors (Lipinski definition) is 0. The van der Waals surface area contributed by atoms with Crippen LogP contribution in [0.3, 0.4) is 0 Å². The standard InChI is InChI=1S/C15H21Cl2NO/c1-4-12(10-15(17)14(16)5-2)11(3)18-8-6-13(19)7-9-18/h4-5,10-11H,6-9H2,1-3H3/b12-4+,14-5+,15-10+. The number of likely N-dealkylation sites (tertiary alicyclic amines) is 1. The van der Waals surface area contributed by atoms with Crippen molar-refractivity contribution in [3.63, 3.8) is 0 Å². The van der Waals surface area contributed by atoms with E-state index < -0.39 is 0 Å². The van der Waals surface area contributed by atoms with Crippen molar-refractivity contribution in [1.29, 1.82) is 0 Å². The van der Waals surface area contributed by atoms with Crippen LogP contribution in [0.15, 0.2) is 33.9 Å². The third kappa shape index (κ3) is 4.79. The molecule has 0 N–H and O–H groups in total. The topological polar surface area (TPSA) is 20.3 Å². The van der Waals surface area contributed by atoms with Crippen LogP contribution in [0.4, 0.5) is 0 Å². The van der Waals surface area contributed by atoms with E-state index >= 15 is 0 Å². The van der Waals surface area contributed by atoms with E-state index in [1.165, 1.54) is 0 Å². The van der Waals surface area contributed by atoms with Gasteiger partial charge in [-0.05, 0) is 32.4 Å². The van der Waals surface area contributed by atoms with Crippen LogP contribution in [-0.2, 0) is 4.79 Å². The van der Waals surface area contributed by atoms with Gasteiger partial charge in [0.25, 0.3) is 0 Å². The molecular weight excluding hydrogens is 281 g/mol. The van der Waals surface area contributed by atoms with Crippen LogP contribution in [0.5, 0.6) is 0 Å². The molecule has 4 heteroatoms. The highest BCUT2D eigenvalue weighted by atomic mass is 35.5.